The molecule has 4 rings (SSSR count). The maximum atomic E-state index is 13.7. The summed E-state index contributed by atoms with van der Waals surface area (Å²) >= 11 is 5.18. The standard InChI is InChI=1S/C28H31BrN2O3S/c1-4-20(3)31(28(33)21-6-5-7-22(29)16-21)17-27(32)30-14-12-26-24(13-15-35-26)25(30)18-34-23-10-8-19(2)9-11-23/h5-11,13,15-16,20,25H,4,12,14,17-18H2,1-3H3/t20-,25-/m1/s1. The number of amides is 2. The summed E-state index contributed by atoms with van der Waals surface area (Å²) in [6.45, 7) is 7.11. The van der Waals surface area contributed by atoms with E-state index < -0.39 is 0 Å². The Morgan fingerprint density at radius 3 is 2.69 bits per heavy atom. The summed E-state index contributed by atoms with van der Waals surface area (Å²) in [6.07, 6.45) is 1.59. The van der Waals surface area contributed by atoms with Crippen molar-refractivity contribution in [2.75, 3.05) is 19.7 Å². The van der Waals surface area contributed by atoms with E-state index in [9.17, 15) is 9.59 Å². The van der Waals surface area contributed by atoms with Gasteiger partial charge in [0.05, 0.1) is 6.04 Å². The van der Waals surface area contributed by atoms with Gasteiger partial charge in [0.15, 0.2) is 0 Å². The Morgan fingerprint density at radius 1 is 1.20 bits per heavy atom. The number of carbonyl (C=O) groups is 2. The minimum Gasteiger partial charge on any atom is -0.491 e. The van der Waals surface area contributed by atoms with Gasteiger partial charge in [0.1, 0.15) is 18.9 Å². The molecule has 2 heterocycles. The molecule has 2 aromatic carbocycles. The van der Waals surface area contributed by atoms with Crippen LogP contribution < -0.4 is 4.74 Å². The van der Waals surface area contributed by atoms with Crippen molar-refractivity contribution in [2.45, 2.75) is 45.7 Å². The lowest BCUT2D eigenvalue weighted by Crippen LogP contribution is -2.49. The van der Waals surface area contributed by atoms with Crippen LogP contribution in [0.2, 0.25) is 0 Å². The summed E-state index contributed by atoms with van der Waals surface area (Å²) in [5.41, 5.74) is 2.90. The average Bonchev–Trinajstić information content (AvgIpc) is 3.35. The van der Waals surface area contributed by atoms with E-state index in [-0.39, 0.29) is 30.4 Å². The van der Waals surface area contributed by atoms with E-state index in [4.69, 9.17) is 4.74 Å². The van der Waals surface area contributed by atoms with Gasteiger partial charge in [-0.25, -0.2) is 0 Å². The molecule has 0 spiro atoms. The molecule has 7 heteroatoms. The van der Waals surface area contributed by atoms with Crippen LogP contribution in [0.5, 0.6) is 5.75 Å². The second-order valence-electron chi connectivity index (χ2n) is 8.98. The number of thiophene rings is 1. The molecule has 0 saturated heterocycles. The highest BCUT2D eigenvalue weighted by Crippen LogP contribution is 2.34. The Balaban J connectivity index is 1.54. The van der Waals surface area contributed by atoms with Crippen LogP contribution in [0.1, 0.15) is 52.7 Å². The number of benzene rings is 2. The minimum atomic E-state index is -0.182. The normalized spacial score (nSPS) is 15.9. The monoisotopic (exact) mass is 554 g/mol. The quantitative estimate of drug-likeness (QED) is 0.330. The molecule has 0 bridgehead atoms. The van der Waals surface area contributed by atoms with Crippen molar-refractivity contribution in [3.8, 4) is 5.75 Å². The summed E-state index contributed by atoms with van der Waals surface area (Å²) < 4.78 is 6.98. The van der Waals surface area contributed by atoms with Crippen molar-refractivity contribution in [1.82, 2.24) is 9.80 Å². The maximum Gasteiger partial charge on any atom is 0.254 e. The zero-order chi connectivity index (χ0) is 24.9. The number of aryl methyl sites for hydroxylation is 1. The number of rotatable bonds is 8. The van der Waals surface area contributed by atoms with Crippen LogP contribution in [0.15, 0.2) is 64.5 Å². The van der Waals surface area contributed by atoms with Crippen molar-refractivity contribution in [3.05, 3.63) is 86.0 Å². The molecular formula is C28H31BrN2O3S. The smallest absolute Gasteiger partial charge is 0.254 e. The second kappa shape index (κ2) is 11.4. The van der Waals surface area contributed by atoms with Crippen molar-refractivity contribution >= 4 is 39.1 Å². The number of nitrogens with zero attached hydrogens (tertiary/aromatic N) is 2. The first-order chi connectivity index (χ1) is 16.9. The predicted molar refractivity (Wildman–Crippen MR) is 144 cm³/mol. The fourth-order valence-electron chi connectivity index (χ4n) is 4.36. The van der Waals surface area contributed by atoms with Gasteiger partial charge in [-0.15, -0.1) is 11.3 Å². The molecule has 184 valence electrons. The molecule has 0 N–H and O–H groups in total. The molecule has 1 aliphatic rings. The molecule has 2 atom stereocenters. The van der Waals surface area contributed by atoms with Crippen molar-refractivity contribution in [1.29, 1.82) is 0 Å². The van der Waals surface area contributed by atoms with E-state index in [1.165, 1.54) is 10.4 Å². The highest BCUT2D eigenvalue weighted by Gasteiger charge is 2.34. The molecule has 2 amide bonds. The Labute approximate surface area is 219 Å². The third-order valence-corrected chi connectivity index (χ3v) is 8.09. The largest absolute Gasteiger partial charge is 0.491 e. The van der Waals surface area contributed by atoms with Crippen LogP contribution in [0.25, 0.3) is 0 Å². The fourth-order valence-corrected chi connectivity index (χ4v) is 5.68. The highest BCUT2D eigenvalue weighted by atomic mass is 79.9. The van der Waals surface area contributed by atoms with Crippen LogP contribution in [0, 0.1) is 6.92 Å². The number of fused-ring (bicyclic) bond motifs is 1. The zero-order valence-corrected chi connectivity index (χ0v) is 22.8. The number of ether oxygens (including phenoxy) is 1. The third-order valence-electron chi connectivity index (χ3n) is 6.60. The number of hydrogen-bond acceptors (Lipinski definition) is 4. The van der Waals surface area contributed by atoms with E-state index in [1.54, 1.807) is 28.4 Å². The van der Waals surface area contributed by atoms with Gasteiger partial charge in [0, 0.05) is 27.5 Å². The SMILES string of the molecule is CC[C@@H](C)N(CC(=O)N1CCc2sccc2[C@H]1COc1ccc(C)cc1)C(=O)c1cccc(Br)c1. The highest BCUT2D eigenvalue weighted by molar-refractivity contribution is 9.10. The van der Waals surface area contributed by atoms with Gasteiger partial charge in [0.2, 0.25) is 5.91 Å². The van der Waals surface area contributed by atoms with E-state index in [1.807, 2.05) is 62.1 Å². The molecule has 5 nitrogen and oxygen atoms in total. The Hall–Kier alpha value is -2.64. The maximum absolute atomic E-state index is 13.7. The Kier molecular flexibility index (Phi) is 8.29. The molecule has 0 aliphatic carbocycles. The minimum absolute atomic E-state index is 0.0425. The van der Waals surface area contributed by atoms with Crippen LogP contribution >= 0.6 is 27.3 Å². The summed E-state index contributed by atoms with van der Waals surface area (Å²) in [6, 6.07) is 17.1. The van der Waals surface area contributed by atoms with E-state index in [0.29, 0.717) is 18.7 Å². The molecule has 1 aliphatic heterocycles. The summed E-state index contributed by atoms with van der Waals surface area (Å²) in [5.74, 6) is 0.606. The lowest BCUT2D eigenvalue weighted by molar-refractivity contribution is -0.136. The van der Waals surface area contributed by atoms with Crippen LogP contribution in [-0.2, 0) is 11.2 Å². The van der Waals surface area contributed by atoms with E-state index >= 15 is 0 Å². The van der Waals surface area contributed by atoms with E-state index in [0.717, 1.165) is 28.6 Å². The second-order valence-corrected chi connectivity index (χ2v) is 10.9. The van der Waals surface area contributed by atoms with Gasteiger partial charge in [-0.05, 0) is 74.0 Å². The van der Waals surface area contributed by atoms with Crippen molar-refractivity contribution in [3.63, 3.8) is 0 Å². The molecular weight excluding hydrogens is 524 g/mol. The first kappa shape index (κ1) is 25.5. The molecule has 35 heavy (non-hydrogen) atoms. The predicted octanol–water partition coefficient (Wildman–Crippen LogP) is 6.26. The molecule has 1 aromatic heterocycles. The van der Waals surface area contributed by atoms with Crippen LogP contribution in [0.4, 0.5) is 0 Å². The molecule has 0 radical (unpaired) electrons. The number of halogens is 1. The topological polar surface area (TPSA) is 49.9 Å². The van der Waals surface area contributed by atoms with Gasteiger partial charge in [0.25, 0.3) is 5.91 Å². The lowest BCUT2D eigenvalue weighted by Gasteiger charge is -2.38. The Morgan fingerprint density at radius 2 is 1.97 bits per heavy atom. The molecule has 0 unspecified atom stereocenters. The first-order valence-corrected chi connectivity index (χ1v) is 13.7. The van der Waals surface area contributed by atoms with Crippen molar-refractivity contribution < 1.29 is 14.3 Å². The summed E-state index contributed by atoms with van der Waals surface area (Å²) in [5, 5.41) is 2.08. The molecule has 3 aromatic rings. The van der Waals surface area contributed by atoms with Gasteiger partial charge in [-0.2, -0.15) is 0 Å². The van der Waals surface area contributed by atoms with Gasteiger partial charge in [-0.1, -0.05) is 46.6 Å². The van der Waals surface area contributed by atoms with Crippen molar-refractivity contribution in [2.24, 2.45) is 0 Å². The summed E-state index contributed by atoms with van der Waals surface area (Å²) in [7, 11) is 0. The Bertz CT molecular complexity index is 1180. The van der Waals surface area contributed by atoms with Gasteiger partial charge in [-0.3, -0.25) is 9.59 Å². The number of carbonyl (C=O) groups excluding carboxylic acids is 2. The number of hydrogen-bond donors (Lipinski definition) is 0. The summed E-state index contributed by atoms with van der Waals surface area (Å²) in [4.78, 5) is 32.0. The third kappa shape index (κ3) is 5.96. The van der Waals surface area contributed by atoms with Gasteiger partial charge < -0.3 is 14.5 Å². The zero-order valence-electron chi connectivity index (χ0n) is 20.4. The van der Waals surface area contributed by atoms with Crippen LogP contribution in [0.3, 0.4) is 0 Å². The van der Waals surface area contributed by atoms with E-state index in [2.05, 4.69) is 27.4 Å². The lowest BCUT2D eigenvalue weighted by atomic mass is 10.00. The molecule has 0 fully saturated rings. The fraction of sp³-hybridized carbons (Fsp3) is 0.357. The first-order valence-electron chi connectivity index (χ1n) is 12.0. The average molecular weight is 556 g/mol. The van der Waals surface area contributed by atoms with Crippen LogP contribution in [-0.4, -0.2) is 47.4 Å². The molecule has 0 saturated carbocycles. The van der Waals surface area contributed by atoms with Gasteiger partial charge >= 0.3 is 0 Å².